The van der Waals surface area contributed by atoms with Crippen molar-refractivity contribution >= 4 is 45.2 Å². The van der Waals surface area contributed by atoms with Crippen molar-refractivity contribution in [1.82, 2.24) is 0 Å². The Morgan fingerprint density at radius 2 is 2.43 bits per heavy atom. The Hall–Kier alpha value is -1.61. The number of nitrogens with zero attached hydrogens (tertiary/aromatic N) is 2. The van der Waals surface area contributed by atoms with E-state index in [9.17, 15) is 19.3 Å². The van der Waals surface area contributed by atoms with Crippen LogP contribution in [-0.2, 0) is 4.79 Å². The molecule has 0 aromatic heterocycles. The molecular formula is C12H12FN3O3S2. The smallest absolute Gasteiger partial charge is 0.306 e. The molecule has 0 saturated carbocycles. The molecule has 112 valence electrons. The zero-order valence-electron chi connectivity index (χ0n) is 11.0. The minimum atomic E-state index is -0.932. The second-order valence-corrected chi connectivity index (χ2v) is 6.55. The van der Waals surface area contributed by atoms with Gasteiger partial charge in [0, 0.05) is 17.5 Å². The van der Waals surface area contributed by atoms with Gasteiger partial charge in [-0.05, 0) is 19.1 Å². The lowest BCUT2D eigenvalue weighted by Crippen LogP contribution is -2.15. The number of thioether (sulfide) groups is 2. The molecule has 0 bridgehead atoms. The van der Waals surface area contributed by atoms with Gasteiger partial charge in [0.05, 0.1) is 16.7 Å². The van der Waals surface area contributed by atoms with Crippen LogP contribution in [0.15, 0.2) is 23.2 Å². The van der Waals surface area contributed by atoms with Crippen LogP contribution in [0.4, 0.5) is 15.8 Å². The van der Waals surface area contributed by atoms with Crippen LogP contribution in [0, 0.1) is 15.9 Å². The summed E-state index contributed by atoms with van der Waals surface area (Å²) in [7, 11) is 0. The molecule has 1 aromatic rings. The van der Waals surface area contributed by atoms with Gasteiger partial charge in [0.15, 0.2) is 0 Å². The number of rotatable bonds is 4. The van der Waals surface area contributed by atoms with E-state index in [4.69, 9.17) is 0 Å². The molecule has 0 saturated heterocycles. The van der Waals surface area contributed by atoms with Crippen molar-refractivity contribution in [2.75, 3.05) is 16.8 Å². The largest absolute Gasteiger partial charge is 0.325 e. The summed E-state index contributed by atoms with van der Waals surface area (Å²) in [5, 5.41) is 13.1. The maximum absolute atomic E-state index is 13.2. The lowest BCUT2D eigenvalue weighted by molar-refractivity contribution is -0.387. The second kappa shape index (κ2) is 6.90. The van der Waals surface area contributed by atoms with E-state index in [1.165, 1.54) is 17.8 Å². The summed E-state index contributed by atoms with van der Waals surface area (Å²) in [6.45, 7) is 2.00. The van der Waals surface area contributed by atoms with Gasteiger partial charge in [-0.15, -0.1) is 0 Å². The molecule has 1 aliphatic heterocycles. The molecule has 0 unspecified atom stereocenters. The van der Waals surface area contributed by atoms with E-state index in [1.807, 2.05) is 6.92 Å². The Balaban J connectivity index is 1.92. The highest BCUT2D eigenvalue weighted by molar-refractivity contribution is 8.39. The molecule has 2 rings (SSSR count). The quantitative estimate of drug-likeness (QED) is 0.678. The number of nitro benzene ring substituents is 1. The van der Waals surface area contributed by atoms with Gasteiger partial charge in [-0.2, -0.15) is 4.39 Å². The minimum Gasteiger partial charge on any atom is -0.325 e. The zero-order valence-corrected chi connectivity index (χ0v) is 12.7. The SMILES string of the molecule is C[C@@H]1CSC(SCC(=O)Nc2ccc(F)c([N+](=O)[O-])c2)=N1. The fourth-order valence-corrected chi connectivity index (χ4v) is 3.59. The number of hydrogen-bond donors (Lipinski definition) is 1. The monoisotopic (exact) mass is 329 g/mol. The predicted molar refractivity (Wildman–Crippen MR) is 83.5 cm³/mol. The highest BCUT2D eigenvalue weighted by Gasteiger charge is 2.17. The van der Waals surface area contributed by atoms with Gasteiger partial charge in [-0.3, -0.25) is 19.9 Å². The molecule has 1 aliphatic rings. The fourth-order valence-electron chi connectivity index (χ4n) is 1.58. The van der Waals surface area contributed by atoms with Crippen LogP contribution in [0.5, 0.6) is 0 Å². The number of nitro groups is 1. The molecule has 0 spiro atoms. The first kappa shape index (κ1) is 15.8. The number of benzene rings is 1. The molecule has 6 nitrogen and oxygen atoms in total. The normalized spacial score (nSPS) is 17.4. The molecule has 9 heteroatoms. The van der Waals surface area contributed by atoms with Gasteiger partial charge in [0.2, 0.25) is 11.7 Å². The van der Waals surface area contributed by atoms with E-state index in [0.29, 0.717) is 0 Å². The molecule has 1 aromatic carbocycles. The van der Waals surface area contributed by atoms with Crippen molar-refractivity contribution in [2.24, 2.45) is 4.99 Å². The standard InChI is InChI=1S/C12H12FN3O3S2/c1-7-5-20-12(14-7)21-6-11(17)15-8-2-3-9(13)10(4-8)16(18)19/h2-4,7H,5-6H2,1H3,(H,15,17)/t7-/m1/s1. The third kappa shape index (κ3) is 4.43. The number of aliphatic imine (C=N–C) groups is 1. The highest BCUT2D eigenvalue weighted by atomic mass is 32.2. The van der Waals surface area contributed by atoms with Crippen LogP contribution in [0.2, 0.25) is 0 Å². The lowest BCUT2D eigenvalue weighted by Gasteiger charge is -2.05. The van der Waals surface area contributed by atoms with E-state index >= 15 is 0 Å². The van der Waals surface area contributed by atoms with Crippen molar-refractivity contribution in [2.45, 2.75) is 13.0 Å². The maximum atomic E-state index is 13.2. The molecular weight excluding hydrogens is 317 g/mol. The third-order valence-corrected chi connectivity index (χ3v) is 4.99. The van der Waals surface area contributed by atoms with Crippen LogP contribution < -0.4 is 5.32 Å². The number of carbonyl (C=O) groups excluding carboxylic acids is 1. The van der Waals surface area contributed by atoms with Crippen LogP contribution in [0.1, 0.15) is 6.92 Å². The average Bonchev–Trinajstić information content (AvgIpc) is 2.84. The third-order valence-electron chi connectivity index (χ3n) is 2.53. The lowest BCUT2D eigenvalue weighted by atomic mass is 10.2. The molecule has 0 aliphatic carbocycles. The number of hydrogen-bond acceptors (Lipinski definition) is 6. The van der Waals surface area contributed by atoms with Crippen LogP contribution in [-0.4, -0.2) is 32.8 Å². The summed E-state index contributed by atoms with van der Waals surface area (Å²) in [6.07, 6.45) is 0. The zero-order chi connectivity index (χ0) is 15.4. The van der Waals surface area contributed by atoms with Crippen molar-refractivity contribution < 1.29 is 14.1 Å². The number of halogens is 1. The van der Waals surface area contributed by atoms with Crippen LogP contribution in [0.25, 0.3) is 0 Å². The molecule has 1 N–H and O–H groups in total. The fraction of sp³-hybridized carbons (Fsp3) is 0.333. The van der Waals surface area contributed by atoms with E-state index in [2.05, 4.69) is 10.3 Å². The summed E-state index contributed by atoms with van der Waals surface area (Å²) in [5.41, 5.74) is -0.465. The minimum absolute atomic E-state index is 0.156. The molecule has 0 radical (unpaired) electrons. The first-order valence-electron chi connectivity index (χ1n) is 6.03. The van der Waals surface area contributed by atoms with E-state index < -0.39 is 16.4 Å². The molecule has 1 amide bonds. The van der Waals surface area contributed by atoms with Crippen molar-refractivity contribution in [1.29, 1.82) is 0 Å². The van der Waals surface area contributed by atoms with Crippen molar-refractivity contribution in [3.63, 3.8) is 0 Å². The van der Waals surface area contributed by atoms with Gasteiger partial charge in [-0.1, -0.05) is 23.5 Å². The van der Waals surface area contributed by atoms with E-state index in [1.54, 1.807) is 11.8 Å². The summed E-state index contributed by atoms with van der Waals surface area (Å²) in [5.74, 6) is -0.181. The molecule has 0 fully saturated rings. The topological polar surface area (TPSA) is 84.6 Å². The predicted octanol–water partition coefficient (Wildman–Crippen LogP) is 2.90. The number of carbonyl (C=O) groups is 1. The first-order chi connectivity index (χ1) is 9.95. The first-order valence-corrected chi connectivity index (χ1v) is 8.00. The van der Waals surface area contributed by atoms with E-state index in [-0.39, 0.29) is 23.4 Å². The average molecular weight is 329 g/mol. The maximum Gasteiger partial charge on any atom is 0.306 e. The van der Waals surface area contributed by atoms with Crippen LogP contribution in [0.3, 0.4) is 0 Å². The Kier molecular flexibility index (Phi) is 5.18. The molecule has 1 atom stereocenters. The summed E-state index contributed by atoms with van der Waals surface area (Å²) in [6, 6.07) is 3.51. The van der Waals surface area contributed by atoms with Gasteiger partial charge >= 0.3 is 5.69 Å². The number of amides is 1. The molecule has 1 heterocycles. The van der Waals surface area contributed by atoms with Crippen molar-refractivity contribution in [3.05, 3.63) is 34.1 Å². The molecule has 21 heavy (non-hydrogen) atoms. The van der Waals surface area contributed by atoms with Gasteiger partial charge < -0.3 is 5.32 Å². The van der Waals surface area contributed by atoms with Gasteiger partial charge in [-0.25, -0.2) is 0 Å². The second-order valence-electron chi connectivity index (χ2n) is 4.32. The summed E-state index contributed by atoms with van der Waals surface area (Å²) in [4.78, 5) is 25.9. The number of nitrogens with one attached hydrogen (secondary N) is 1. The Bertz CT molecular complexity index is 609. The van der Waals surface area contributed by atoms with Crippen molar-refractivity contribution in [3.8, 4) is 0 Å². The van der Waals surface area contributed by atoms with Gasteiger partial charge in [0.1, 0.15) is 4.38 Å². The number of anilines is 1. The summed E-state index contributed by atoms with van der Waals surface area (Å²) >= 11 is 2.92. The van der Waals surface area contributed by atoms with Gasteiger partial charge in [0.25, 0.3) is 0 Å². The van der Waals surface area contributed by atoms with Crippen LogP contribution >= 0.6 is 23.5 Å². The summed E-state index contributed by atoms with van der Waals surface area (Å²) < 4.78 is 14.0. The van der Waals surface area contributed by atoms with E-state index in [0.717, 1.165) is 22.3 Å². The highest BCUT2D eigenvalue weighted by Crippen LogP contribution is 2.26. The Morgan fingerprint density at radius 3 is 3.05 bits per heavy atom. The Labute approximate surface area is 128 Å². The Morgan fingerprint density at radius 1 is 1.67 bits per heavy atom.